The van der Waals surface area contributed by atoms with Crippen LogP contribution < -0.4 is 31.3 Å². The number of carbonyl (C=O) groups excluding carboxylic acids is 5. The topological polar surface area (TPSA) is 327 Å². The quantitative estimate of drug-likeness (QED) is 0.0320. The number of hydrogen-bond acceptors (Lipinski definition) is 16. The number of hydrogen-bond donors (Lipinski definition) is 9. The predicted molar refractivity (Wildman–Crippen MR) is 467 cm³/mol. The van der Waals surface area contributed by atoms with Crippen molar-refractivity contribution in [2.45, 2.75) is 45.2 Å². The highest BCUT2D eigenvalue weighted by Gasteiger charge is 2.30. The third kappa shape index (κ3) is 19.7. The van der Waals surface area contributed by atoms with Crippen LogP contribution in [0.1, 0.15) is 85.2 Å². The first-order chi connectivity index (χ1) is 60.5. The van der Waals surface area contributed by atoms with Gasteiger partial charge < -0.3 is 31.3 Å². The van der Waals surface area contributed by atoms with Crippen LogP contribution in [0.2, 0.25) is 0 Å². The van der Waals surface area contributed by atoms with Gasteiger partial charge in [-0.15, -0.1) is 0 Å². The van der Waals surface area contributed by atoms with Crippen LogP contribution in [-0.4, -0.2) is 126 Å². The van der Waals surface area contributed by atoms with Crippen LogP contribution in [0.5, 0.6) is 11.5 Å². The van der Waals surface area contributed by atoms with Crippen LogP contribution in [0.15, 0.2) is 274 Å². The van der Waals surface area contributed by atoms with Crippen LogP contribution in [0.3, 0.4) is 0 Å². The number of benzene rings is 9. The number of pyridine rings is 4. The molecule has 2 aliphatic heterocycles. The third-order valence-corrected chi connectivity index (χ3v) is 21.0. The molecule has 9 aromatic carbocycles. The van der Waals surface area contributed by atoms with Crippen LogP contribution >= 0.6 is 0 Å². The van der Waals surface area contributed by atoms with E-state index in [0.717, 1.165) is 108 Å². The van der Waals surface area contributed by atoms with Crippen molar-refractivity contribution >= 4 is 102 Å². The monoisotopic (exact) mass is 1660 g/mol. The van der Waals surface area contributed by atoms with Crippen LogP contribution in [0, 0.1) is 29.2 Å². The van der Waals surface area contributed by atoms with Crippen molar-refractivity contribution in [2.75, 3.05) is 52.8 Å². The first-order valence-corrected chi connectivity index (χ1v) is 40.0. The van der Waals surface area contributed by atoms with E-state index < -0.39 is 46.9 Å². The molecule has 0 radical (unpaired) electrons. The Hall–Kier alpha value is -15.8. The molecule has 5 amide bonds. The zero-order valence-electron chi connectivity index (χ0n) is 66.3. The van der Waals surface area contributed by atoms with Gasteiger partial charge in [-0.05, 0) is 249 Å². The van der Waals surface area contributed by atoms with Gasteiger partial charge in [-0.3, -0.25) is 74.1 Å². The molecule has 1 aliphatic carbocycles. The first kappa shape index (κ1) is 80.7. The number of amides is 5. The van der Waals surface area contributed by atoms with Crippen molar-refractivity contribution < 1.29 is 46.3 Å². The number of aromatic nitrogens is 12. The number of likely N-dealkylation sites (tertiary alicyclic amines) is 2. The minimum atomic E-state index is -0.447. The number of para-hydroxylation sites is 1. The SMILES string of the molecule is O=C(Nc1cccc(F)c1)c1n[nH]c2ccc(-c3cncc(CN4CCC4)c3)cc12.O=C(Nc1cccc(F)c1)c1n[nH]c2ccc(-c3cncc(CN4CCCC4)c3)cc12.O=C(Nc1cccc(F)c1)c1n[nH]c2ccc(-c3cncc(NC(=O)C4CC4)c3)cc12.O=C(Nc1cccc(F)c1)c1n[nH]c2ccc(-c3cncc(Oc4ccccc4)c3)cc12. The molecule has 1 saturated carbocycles. The van der Waals surface area contributed by atoms with Crippen LogP contribution in [-0.2, 0) is 17.9 Å². The van der Waals surface area contributed by atoms with E-state index in [4.69, 9.17) is 4.74 Å². The van der Waals surface area contributed by atoms with Crippen LogP contribution in [0.4, 0.5) is 46.0 Å². The van der Waals surface area contributed by atoms with Crippen LogP contribution in [0.25, 0.3) is 88.1 Å². The number of nitrogens with one attached hydrogen (secondary N) is 9. The molecule has 0 atom stereocenters. The molecule has 616 valence electrons. The second-order valence-corrected chi connectivity index (χ2v) is 30.0. The number of nitrogens with zero attached hydrogens (tertiary/aromatic N) is 10. The van der Waals surface area contributed by atoms with Gasteiger partial charge in [-0.1, -0.05) is 66.7 Å². The summed E-state index contributed by atoms with van der Waals surface area (Å²) < 4.78 is 59.6. The summed E-state index contributed by atoms with van der Waals surface area (Å²) >= 11 is 0. The zero-order chi connectivity index (χ0) is 85.0. The van der Waals surface area contributed by atoms with Crippen molar-refractivity contribution in [1.29, 1.82) is 0 Å². The first-order valence-electron chi connectivity index (χ1n) is 40.0. The summed E-state index contributed by atoms with van der Waals surface area (Å²) in [6.07, 6.45) is 19.8. The van der Waals surface area contributed by atoms with Crippen molar-refractivity contribution in [3.8, 4) is 56.0 Å². The van der Waals surface area contributed by atoms with E-state index in [-0.39, 0.29) is 34.6 Å². The van der Waals surface area contributed by atoms with Gasteiger partial charge in [0.15, 0.2) is 22.8 Å². The molecule has 8 aromatic heterocycles. The Kier molecular flexibility index (Phi) is 24.0. The van der Waals surface area contributed by atoms with E-state index in [0.29, 0.717) is 72.5 Å². The minimum Gasteiger partial charge on any atom is -0.456 e. The summed E-state index contributed by atoms with van der Waals surface area (Å²) in [4.78, 5) is 85.2. The summed E-state index contributed by atoms with van der Waals surface area (Å²) in [5, 5.41) is 44.4. The molecule has 2 saturated heterocycles. The molecule has 0 bridgehead atoms. The average molecular weight is 1660 g/mol. The number of carbonyl (C=O) groups is 5. The summed E-state index contributed by atoms with van der Waals surface area (Å²) in [6.45, 7) is 6.33. The van der Waals surface area contributed by atoms with E-state index in [1.165, 1.54) is 91.1 Å². The second-order valence-electron chi connectivity index (χ2n) is 30.0. The molecule has 0 unspecified atom stereocenters. The summed E-state index contributed by atoms with van der Waals surface area (Å²) in [5.41, 5.74) is 15.5. The van der Waals surface area contributed by atoms with Crippen molar-refractivity contribution in [2.24, 2.45) is 5.92 Å². The highest BCUT2D eigenvalue weighted by atomic mass is 19.1. The van der Waals surface area contributed by atoms with Gasteiger partial charge in [0.2, 0.25) is 5.91 Å². The Morgan fingerprint density at radius 3 is 1.02 bits per heavy atom. The molecule has 124 heavy (non-hydrogen) atoms. The number of ether oxygens (including phenoxy) is 1. The largest absolute Gasteiger partial charge is 0.456 e. The highest BCUT2D eigenvalue weighted by molar-refractivity contribution is 6.15. The van der Waals surface area contributed by atoms with Gasteiger partial charge >= 0.3 is 0 Å². The Morgan fingerprint density at radius 2 is 0.669 bits per heavy atom. The van der Waals surface area contributed by atoms with Crippen molar-refractivity contribution in [3.63, 3.8) is 0 Å². The molecule has 9 N–H and O–H groups in total. The van der Waals surface area contributed by atoms with Gasteiger partial charge in [0.05, 0.1) is 40.1 Å². The van der Waals surface area contributed by atoms with Gasteiger partial charge in [0.1, 0.15) is 34.8 Å². The van der Waals surface area contributed by atoms with Gasteiger partial charge in [0.25, 0.3) is 23.6 Å². The second kappa shape index (κ2) is 36.9. The fraction of sp³-hybridized carbons (Fsp3) is 0.126. The molecular weight excluding hydrogens is 1580 g/mol. The summed E-state index contributed by atoms with van der Waals surface area (Å²) in [5.74, 6) is -1.92. The summed E-state index contributed by atoms with van der Waals surface area (Å²) in [6, 6.07) is 63.3. The normalized spacial score (nSPS) is 13.0. The number of H-pyrrole nitrogens is 4. The Labute approximate surface area is 705 Å². The van der Waals surface area contributed by atoms with Gasteiger partial charge in [0, 0.05) is 123 Å². The van der Waals surface area contributed by atoms with E-state index in [1.807, 2.05) is 140 Å². The fourth-order valence-corrected chi connectivity index (χ4v) is 14.5. The number of anilines is 5. The lowest BCUT2D eigenvalue weighted by atomic mass is 10.0. The zero-order valence-corrected chi connectivity index (χ0v) is 66.3. The number of aromatic amines is 4. The van der Waals surface area contributed by atoms with E-state index in [1.54, 1.807) is 61.2 Å². The predicted octanol–water partition coefficient (Wildman–Crippen LogP) is 19.0. The van der Waals surface area contributed by atoms with Crippen molar-refractivity contribution in [1.82, 2.24) is 70.5 Å². The third-order valence-electron chi connectivity index (χ3n) is 21.0. The Morgan fingerprint density at radius 1 is 0.323 bits per heavy atom. The molecule has 29 heteroatoms. The van der Waals surface area contributed by atoms with E-state index in [2.05, 4.69) is 109 Å². The van der Waals surface area contributed by atoms with Gasteiger partial charge in [-0.25, -0.2) is 17.6 Å². The molecular formula is C95H77F4N19O6. The number of rotatable bonds is 20. The smallest absolute Gasteiger partial charge is 0.276 e. The highest BCUT2D eigenvalue weighted by Crippen LogP contribution is 2.35. The summed E-state index contributed by atoms with van der Waals surface area (Å²) in [7, 11) is 0. The number of halogens is 4. The molecule has 20 rings (SSSR count). The molecule has 3 fully saturated rings. The maximum atomic E-state index is 13.4. The number of fused-ring (bicyclic) bond motifs is 4. The maximum absolute atomic E-state index is 13.4. The lowest BCUT2D eigenvalue weighted by Gasteiger charge is -2.30. The van der Waals surface area contributed by atoms with E-state index >= 15 is 0 Å². The lowest BCUT2D eigenvalue weighted by molar-refractivity contribution is -0.117. The molecule has 3 aliphatic rings. The molecule has 10 heterocycles. The lowest BCUT2D eigenvalue weighted by Crippen LogP contribution is -2.36. The standard InChI is InChI=1S/C25H17FN4O2.C24H22FN5O.C23H18FN5O2.C23H20FN5O/c26-18-5-4-6-19(13-18)28-25(31)24-22-12-16(9-10-23(22)29-30-24)17-11-21(15-27-14-17)32-20-7-2-1-3-8-20;25-19-4-3-5-20(12-19)27-24(31)23-21-11-17(6-7-22(21)28-29-23)18-10-16(13-26-14-18)15-30-8-1-2-9-30;24-16-2-1-3-17(10-16)26-23(31)21-19-9-14(6-7-20(19)28-29-21)15-8-18(12-25-11-15)27-22(30)13-4-5-13;24-18-3-1-4-19(11-18)26-23(30)22-20-10-16(5-6-21(20)27-28-22)17-9-15(12-25-13-17)14-29-7-2-8-29/h1-15H,(H,28,31)(H,29,30);3-7,10-14H,1-2,8-9,15H2,(H,27,31)(H,28,29);1-3,6-13H,4-5H2,(H,26,31)(H,27,30)(H,28,29);1,3-6,9-13H,2,7-8,14H2,(H,26,30)(H,27,28). The van der Waals surface area contributed by atoms with Gasteiger partial charge in [-0.2, -0.15) is 20.4 Å². The fourth-order valence-electron chi connectivity index (χ4n) is 14.5. The average Bonchev–Trinajstić information content (AvgIpc) is 1.61. The van der Waals surface area contributed by atoms with Crippen molar-refractivity contribution in [3.05, 3.63) is 331 Å². The minimum absolute atomic E-state index is 0.0144. The Bertz CT molecular complexity index is 6820. The Balaban J connectivity index is 0.000000117. The maximum Gasteiger partial charge on any atom is 0.276 e. The molecule has 0 spiro atoms. The molecule has 25 nitrogen and oxygen atoms in total. The molecule has 17 aromatic rings. The van der Waals surface area contributed by atoms with E-state index in [9.17, 15) is 41.5 Å².